The maximum Gasteiger partial charge on any atom is 0.126 e. The first-order valence-corrected chi connectivity index (χ1v) is 10.5. The Bertz CT molecular complexity index is 965. The monoisotopic (exact) mass is 405 g/mol. The Morgan fingerprint density at radius 1 is 0.967 bits per heavy atom. The van der Waals surface area contributed by atoms with Gasteiger partial charge in [0.15, 0.2) is 0 Å². The Kier molecular flexibility index (Phi) is 6.46. The molecular weight excluding hydrogens is 377 g/mol. The lowest BCUT2D eigenvalue weighted by Gasteiger charge is -2.38. The molecule has 1 N–H and O–H groups in total. The highest BCUT2D eigenvalue weighted by Crippen LogP contribution is 2.35. The highest BCUT2D eigenvalue weighted by atomic mass is 19.1. The molecule has 0 unspecified atom stereocenters. The van der Waals surface area contributed by atoms with Gasteiger partial charge in [0.05, 0.1) is 7.11 Å². The zero-order chi connectivity index (χ0) is 20.8. The Morgan fingerprint density at radius 2 is 1.73 bits per heavy atom. The van der Waals surface area contributed by atoms with E-state index in [1.807, 2.05) is 24.3 Å². The average Bonchev–Trinajstić information content (AvgIpc) is 2.80. The zero-order valence-electron chi connectivity index (χ0n) is 17.4. The Hall–Kier alpha value is -2.69. The van der Waals surface area contributed by atoms with Crippen LogP contribution in [0.1, 0.15) is 24.0 Å². The number of benzene rings is 3. The summed E-state index contributed by atoms with van der Waals surface area (Å²) in [6.07, 6.45) is 1.80. The highest BCUT2D eigenvalue weighted by molar-refractivity contribution is 5.70. The summed E-state index contributed by atoms with van der Waals surface area (Å²) in [5.41, 5.74) is 4.42. The molecule has 1 aliphatic rings. The van der Waals surface area contributed by atoms with E-state index in [0.717, 1.165) is 48.4 Å². The SMILES string of the molecule is COc1ccccc1-c1ccc(CNCC2(c3cccc(F)c3)CCOCC2)cc1. The van der Waals surface area contributed by atoms with Gasteiger partial charge in [-0.05, 0) is 47.7 Å². The van der Waals surface area contributed by atoms with E-state index in [-0.39, 0.29) is 11.2 Å². The Labute approximate surface area is 177 Å². The van der Waals surface area contributed by atoms with Gasteiger partial charge in [-0.15, -0.1) is 0 Å². The van der Waals surface area contributed by atoms with E-state index in [0.29, 0.717) is 13.2 Å². The van der Waals surface area contributed by atoms with Crippen LogP contribution in [0.3, 0.4) is 0 Å². The molecule has 3 nitrogen and oxygen atoms in total. The van der Waals surface area contributed by atoms with Crippen LogP contribution in [0.15, 0.2) is 72.8 Å². The number of rotatable bonds is 7. The smallest absolute Gasteiger partial charge is 0.126 e. The molecule has 1 saturated heterocycles. The standard InChI is InChI=1S/C26H28FNO2/c1-29-25-8-3-2-7-24(25)21-11-9-20(10-12-21)18-28-19-26(13-15-30-16-14-26)22-5-4-6-23(27)17-22/h2-12,17,28H,13-16,18-19H2,1H3. The van der Waals surface area contributed by atoms with Crippen molar-refractivity contribution in [3.63, 3.8) is 0 Å². The molecule has 30 heavy (non-hydrogen) atoms. The third-order valence-corrected chi connectivity index (χ3v) is 6.05. The van der Waals surface area contributed by atoms with Crippen LogP contribution in [0.2, 0.25) is 0 Å². The lowest BCUT2D eigenvalue weighted by molar-refractivity contribution is 0.0497. The van der Waals surface area contributed by atoms with Gasteiger partial charge in [-0.3, -0.25) is 0 Å². The predicted molar refractivity (Wildman–Crippen MR) is 118 cm³/mol. The summed E-state index contributed by atoms with van der Waals surface area (Å²) in [7, 11) is 1.70. The summed E-state index contributed by atoms with van der Waals surface area (Å²) < 4.78 is 24.9. The lowest BCUT2D eigenvalue weighted by atomic mass is 9.74. The van der Waals surface area contributed by atoms with Gasteiger partial charge in [-0.25, -0.2) is 4.39 Å². The number of ether oxygens (including phenoxy) is 2. The fraction of sp³-hybridized carbons (Fsp3) is 0.308. The topological polar surface area (TPSA) is 30.5 Å². The highest BCUT2D eigenvalue weighted by Gasteiger charge is 2.34. The molecule has 0 aliphatic carbocycles. The molecule has 3 aromatic rings. The molecule has 1 aliphatic heterocycles. The fourth-order valence-electron chi connectivity index (χ4n) is 4.28. The fourth-order valence-corrected chi connectivity index (χ4v) is 4.28. The molecule has 156 valence electrons. The first kappa shape index (κ1) is 20.6. The molecule has 0 spiro atoms. The van der Waals surface area contributed by atoms with Gasteiger partial charge in [0.25, 0.3) is 0 Å². The lowest BCUT2D eigenvalue weighted by Crippen LogP contribution is -2.42. The molecule has 0 bridgehead atoms. The second-order valence-corrected chi connectivity index (χ2v) is 7.90. The number of halogens is 1. The van der Waals surface area contributed by atoms with E-state index in [9.17, 15) is 4.39 Å². The zero-order valence-corrected chi connectivity index (χ0v) is 17.4. The van der Waals surface area contributed by atoms with Crippen LogP contribution in [0.5, 0.6) is 5.75 Å². The molecule has 1 heterocycles. The summed E-state index contributed by atoms with van der Waals surface area (Å²) in [5, 5.41) is 3.61. The van der Waals surface area contributed by atoms with Crippen LogP contribution >= 0.6 is 0 Å². The van der Waals surface area contributed by atoms with Crippen LogP contribution in [0.25, 0.3) is 11.1 Å². The van der Waals surface area contributed by atoms with E-state index in [1.54, 1.807) is 19.2 Å². The summed E-state index contributed by atoms with van der Waals surface area (Å²) in [6, 6.07) is 23.6. The van der Waals surface area contributed by atoms with E-state index in [2.05, 4.69) is 35.6 Å². The third kappa shape index (κ3) is 4.55. The minimum Gasteiger partial charge on any atom is -0.496 e. The van der Waals surface area contributed by atoms with Gasteiger partial charge in [0, 0.05) is 37.3 Å². The van der Waals surface area contributed by atoms with Crippen LogP contribution in [0, 0.1) is 5.82 Å². The number of hydrogen-bond acceptors (Lipinski definition) is 3. The van der Waals surface area contributed by atoms with E-state index >= 15 is 0 Å². The van der Waals surface area contributed by atoms with Crippen LogP contribution in [-0.2, 0) is 16.7 Å². The Balaban J connectivity index is 1.43. The largest absolute Gasteiger partial charge is 0.496 e. The maximum absolute atomic E-state index is 13.9. The van der Waals surface area contributed by atoms with Crippen LogP contribution in [-0.4, -0.2) is 26.9 Å². The maximum atomic E-state index is 13.9. The van der Waals surface area contributed by atoms with Crippen LogP contribution in [0.4, 0.5) is 4.39 Å². The van der Waals surface area contributed by atoms with Crippen molar-refractivity contribution in [2.24, 2.45) is 0 Å². The van der Waals surface area contributed by atoms with E-state index < -0.39 is 0 Å². The van der Waals surface area contributed by atoms with Crippen molar-refractivity contribution in [2.75, 3.05) is 26.9 Å². The van der Waals surface area contributed by atoms with Crippen molar-refractivity contribution in [3.05, 3.63) is 89.7 Å². The quantitative estimate of drug-likeness (QED) is 0.576. The normalized spacial score (nSPS) is 15.7. The number of hydrogen-bond donors (Lipinski definition) is 1. The molecular formula is C26H28FNO2. The summed E-state index contributed by atoms with van der Waals surface area (Å²) >= 11 is 0. The average molecular weight is 406 g/mol. The number of methoxy groups -OCH3 is 1. The molecule has 3 aromatic carbocycles. The van der Waals surface area contributed by atoms with E-state index in [4.69, 9.17) is 9.47 Å². The summed E-state index contributed by atoms with van der Waals surface area (Å²) in [4.78, 5) is 0. The van der Waals surface area contributed by atoms with Crippen molar-refractivity contribution >= 4 is 0 Å². The minimum absolute atomic E-state index is 0.0856. The van der Waals surface area contributed by atoms with Gasteiger partial charge < -0.3 is 14.8 Å². The van der Waals surface area contributed by atoms with Gasteiger partial charge in [0.1, 0.15) is 11.6 Å². The number of para-hydroxylation sites is 1. The second-order valence-electron chi connectivity index (χ2n) is 7.90. The molecule has 4 heteroatoms. The van der Waals surface area contributed by atoms with Crippen LogP contribution < -0.4 is 10.1 Å². The van der Waals surface area contributed by atoms with Gasteiger partial charge in [-0.1, -0.05) is 54.6 Å². The molecule has 0 radical (unpaired) electrons. The molecule has 0 amide bonds. The first-order valence-electron chi connectivity index (χ1n) is 10.5. The van der Waals surface area contributed by atoms with Gasteiger partial charge in [0.2, 0.25) is 0 Å². The number of nitrogens with one attached hydrogen (secondary N) is 1. The van der Waals surface area contributed by atoms with Crippen molar-refractivity contribution in [3.8, 4) is 16.9 Å². The van der Waals surface area contributed by atoms with E-state index in [1.165, 1.54) is 11.6 Å². The van der Waals surface area contributed by atoms with Crippen molar-refractivity contribution in [2.45, 2.75) is 24.8 Å². The first-order chi connectivity index (χ1) is 14.7. The predicted octanol–water partition coefficient (Wildman–Crippen LogP) is 5.34. The van der Waals surface area contributed by atoms with Gasteiger partial charge in [-0.2, -0.15) is 0 Å². The third-order valence-electron chi connectivity index (χ3n) is 6.05. The molecule has 1 fully saturated rings. The van der Waals surface area contributed by atoms with Crippen molar-refractivity contribution < 1.29 is 13.9 Å². The van der Waals surface area contributed by atoms with Gasteiger partial charge >= 0.3 is 0 Å². The molecule has 4 rings (SSSR count). The minimum atomic E-state index is -0.176. The molecule has 0 aromatic heterocycles. The Morgan fingerprint density at radius 3 is 2.47 bits per heavy atom. The van der Waals surface area contributed by atoms with Crippen molar-refractivity contribution in [1.29, 1.82) is 0 Å². The summed E-state index contributed by atoms with van der Waals surface area (Å²) in [5.74, 6) is 0.699. The summed E-state index contributed by atoms with van der Waals surface area (Å²) in [6.45, 7) is 3.00. The molecule has 0 atom stereocenters. The second kappa shape index (κ2) is 9.41. The molecule has 0 saturated carbocycles. The van der Waals surface area contributed by atoms with Crippen molar-refractivity contribution in [1.82, 2.24) is 5.32 Å².